The lowest BCUT2D eigenvalue weighted by Gasteiger charge is -2.22. The molecular formula is C25H26FN3O3. The van der Waals surface area contributed by atoms with Gasteiger partial charge in [0.25, 0.3) is 5.91 Å². The summed E-state index contributed by atoms with van der Waals surface area (Å²) < 4.78 is 19.3. The molecule has 2 amide bonds. The molecule has 1 aliphatic heterocycles. The summed E-state index contributed by atoms with van der Waals surface area (Å²) in [6.07, 6.45) is 2.11. The highest BCUT2D eigenvalue weighted by molar-refractivity contribution is 5.93. The minimum absolute atomic E-state index is 0.0784. The predicted octanol–water partition coefficient (Wildman–Crippen LogP) is 3.86. The number of hydrogen-bond acceptors (Lipinski definition) is 4. The minimum Gasteiger partial charge on any atom is -0.361 e. The zero-order chi connectivity index (χ0) is 22.5. The first-order valence-electron chi connectivity index (χ1n) is 10.9. The van der Waals surface area contributed by atoms with Crippen LogP contribution in [0, 0.1) is 11.7 Å². The third-order valence-corrected chi connectivity index (χ3v) is 5.68. The number of aromatic nitrogens is 1. The van der Waals surface area contributed by atoms with E-state index in [9.17, 15) is 14.0 Å². The molecule has 3 aromatic rings. The van der Waals surface area contributed by atoms with Crippen LogP contribution in [0.15, 0.2) is 59.1 Å². The van der Waals surface area contributed by atoms with Crippen LogP contribution in [0.2, 0.25) is 0 Å². The Morgan fingerprint density at radius 2 is 2.00 bits per heavy atom. The summed E-state index contributed by atoms with van der Waals surface area (Å²) in [5.41, 5.74) is 2.54. The van der Waals surface area contributed by atoms with Gasteiger partial charge in [0, 0.05) is 37.7 Å². The molecule has 6 nitrogen and oxygen atoms in total. The molecule has 1 fully saturated rings. The molecule has 1 N–H and O–H groups in total. The van der Waals surface area contributed by atoms with E-state index in [1.807, 2.05) is 31.2 Å². The maximum Gasteiger partial charge on any atom is 0.276 e. The predicted molar refractivity (Wildman–Crippen MR) is 118 cm³/mol. The fourth-order valence-corrected chi connectivity index (χ4v) is 3.98. The molecule has 1 aliphatic rings. The maximum atomic E-state index is 14.0. The number of benzene rings is 2. The second kappa shape index (κ2) is 9.77. The van der Waals surface area contributed by atoms with Crippen LogP contribution >= 0.6 is 0 Å². The zero-order valence-corrected chi connectivity index (χ0v) is 18.0. The molecule has 0 unspecified atom stereocenters. The summed E-state index contributed by atoms with van der Waals surface area (Å²) in [6.45, 7) is 3.15. The molecule has 32 heavy (non-hydrogen) atoms. The van der Waals surface area contributed by atoms with Crippen molar-refractivity contribution in [2.45, 2.75) is 26.2 Å². The fourth-order valence-electron chi connectivity index (χ4n) is 3.98. The average molecular weight is 435 g/mol. The summed E-state index contributed by atoms with van der Waals surface area (Å²) in [7, 11) is 0. The molecule has 0 spiro atoms. The van der Waals surface area contributed by atoms with Gasteiger partial charge >= 0.3 is 0 Å². The smallest absolute Gasteiger partial charge is 0.276 e. The van der Waals surface area contributed by atoms with Crippen molar-refractivity contribution >= 4 is 11.8 Å². The molecule has 0 bridgehead atoms. The van der Waals surface area contributed by atoms with Crippen molar-refractivity contribution in [2.75, 3.05) is 19.6 Å². The standard InChI is InChI=1S/C25H26FN3O3/c1-2-5-20-15-23(28-32-20)25(31)29-13-12-27-24(30)19(16-29)14-17-8-10-18(11-9-17)21-6-3-4-7-22(21)26/h3-4,6-11,15,19H,2,5,12-14,16H2,1H3,(H,27,30)/t19-/m1/s1. The molecule has 166 valence electrons. The first-order chi connectivity index (χ1) is 15.5. The van der Waals surface area contributed by atoms with Crippen LogP contribution in [0.5, 0.6) is 0 Å². The van der Waals surface area contributed by atoms with Gasteiger partial charge in [-0.2, -0.15) is 0 Å². The van der Waals surface area contributed by atoms with E-state index in [0.717, 1.165) is 24.0 Å². The van der Waals surface area contributed by atoms with Gasteiger partial charge in [0.15, 0.2) is 5.69 Å². The SMILES string of the molecule is CCCc1cc(C(=O)N2CCNC(=O)[C@H](Cc3ccc(-c4ccccc4F)cc3)C2)no1. The number of hydrogen-bond donors (Lipinski definition) is 1. The van der Waals surface area contributed by atoms with Crippen LogP contribution in [0.4, 0.5) is 4.39 Å². The normalized spacial score (nSPS) is 16.5. The van der Waals surface area contributed by atoms with E-state index >= 15 is 0 Å². The first kappa shape index (κ1) is 21.7. The second-order valence-corrected chi connectivity index (χ2v) is 8.05. The van der Waals surface area contributed by atoms with E-state index in [-0.39, 0.29) is 29.2 Å². The van der Waals surface area contributed by atoms with Gasteiger partial charge in [-0.15, -0.1) is 0 Å². The zero-order valence-electron chi connectivity index (χ0n) is 18.0. The number of nitrogens with zero attached hydrogens (tertiary/aromatic N) is 2. The highest BCUT2D eigenvalue weighted by Gasteiger charge is 2.29. The largest absolute Gasteiger partial charge is 0.361 e. The Bertz CT molecular complexity index is 1090. The van der Waals surface area contributed by atoms with Gasteiger partial charge < -0.3 is 14.7 Å². The highest BCUT2D eigenvalue weighted by Crippen LogP contribution is 2.24. The van der Waals surface area contributed by atoms with Crippen LogP contribution < -0.4 is 5.32 Å². The molecule has 0 radical (unpaired) electrons. The summed E-state index contributed by atoms with van der Waals surface area (Å²) in [5.74, 6) is -0.278. The lowest BCUT2D eigenvalue weighted by Crippen LogP contribution is -2.37. The van der Waals surface area contributed by atoms with E-state index in [1.165, 1.54) is 6.07 Å². The number of carbonyl (C=O) groups excluding carboxylic acids is 2. The van der Waals surface area contributed by atoms with Crippen LogP contribution in [-0.2, 0) is 17.6 Å². The van der Waals surface area contributed by atoms with E-state index in [1.54, 1.807) is 29.2 Å². The van der Waals surface area contributed by atoms with E-state index in [0.29, 0.717) is 37.4 Å². The molecule has 2 heterocycles. The van der Waals surface area contributed by atoms with E-state index in [4.69, 9.17) is 4.52 Å². The lowest BCUT2D eigenvalue weighted by atomic mass is 9.96. The summed E-state index contributed by atoms with van der Waals surface area (Å²) in [5, 5.41) is 6.81. The quantitative estimate of drug-likeness (QED) is 0.638. The van der Waals surface area contributed by atoms with E-state index in [2.05, 4.69) is 10.5 Å². The number of halogens is 1. The average Bonchev–Trinajstić information content (AvgIpc) is 3.19. The number of aryl methyl sites for hydroxylation is 1. The van der Waals surface area contributed by atoms with Crippen molar-refractivity contribution in [3.8, 4) is 11.1 Å². The molecule has 2 aromatic carbocycles. The Morgan fingerprint density at radius 1 is 1.22 bits per heavy atom. The van der Waals surface area contributed by atoms with Gasteiger partial charge in [-0.3, -0.25) is 9.59 Å². The maximum absolute atomic E-state index is 14.0. The number of rotatable bonds is 6. The van der Waals surface area contributed by atoms with Crippen molar-refractivity contribution in [2.24, 2.45) is 5.92 Å². The molecule has 1 saturated heterocycles. The Morgan fingerprint density at radius 3 is 2.75 bits per heavy atom. The Balaban J connectivity index is 1.46. The topological polar surface area (TPSA) is 75.4 Å². The molecule has 4 rings (SSSR count). The van der Waals surface area contributed by atoms with Crippen molar-refractivity contribution in [3.63, 3.8) is 0 Å². The second-order valence-electron chi connectivity index (χ2n) is 8.05. The fraction of sp³-hybridized carbons (Fsp3) is 0.320. The number of carbonyl (C=O) groups is 2. The third kappa shape index (κ3) is 4.88. The van der Waals surface area contributed by atoms with Crippen LogP contribution in [-0.4, -0.2) is 41.5 Å². The molecule has 0 saturated carbocycles. The number of nitrogens with one attached hydrogen (secondary N) is 1. The minimum atomic E-state index is -0.386. The van der Waals surface area contributed by atoms with Crippen LogP contribution in [0.1, 0.15) is 35.2 Å². The van der Waals surface area contributed by atoms with Crippen molar-refractivity contribution in [1.82, 2.24) is 15.4 Å². The number of amides is 2. The van der Waals surface area contributed by atoms with Gasteiger partial charge in [-0.25, -0.2) is 4.39 Å². The molecule has 1 aromatic heterocycles. The van der Waals surface area contributed by atoms with Gasteiger partial charge in [-0.1, -0.05) is 54.5 Å². The van der Waals surface area contributed by atoms with Crippen molar-refractivity contribution in [1.29, 1.82) is 0 Å². The molecule has 1 atom stereocenters. The van der Waals surface area contributed by atoms with Gasteiger partial charge in [0.2, 0.25) is 5.91 Å². The van der Waals surface area contributed by atoms with Gasteiger partial charge in [0.05, 0.1) is 5.92 Å². The third-order valence-electron chi connectivity index (χ3n) is 5.68. The van der Waals surface area contributed by atoms with Gasteiger partial charge in [-0.05, 0) is 30.0 Å². The van der Waals surface area contributed by atoms with Crippen molar-refractivity contribution in [3.05, 3.63) is 77.4 Å². The Labute approximate surface area is 186 Å². The summed E-state index contributed by atoms with van der Waals surface area (Å²) in [4.78, 5) is 27.2. The van der Waals surface area contributed by atoms with E-state index < -0.39 is 0 Å². The molecule has 7 heteroatoms. The monoisotopic (exact) mass is 435 g/mol. The summed E-state index contributed by atoms with van der Waals surface area (Å²) in [6, 6.07) is 15.8. The highest BCUT2D eigenvalue weighted by atomic mass is 19.1. The summed E-state index contributed by atoms with van der Waals surface area (Å²) >= 11 is 0. The van der Waals surface area contributed by atoms with Crippen LogP contribution in [0.3, 0.4) is 0 Å². The lowest BCUT2D eigenvalue weighted by molar-refractivity contribution is -0.124. The van der Waals surface area contributed by atoms with Crippen LogP contribution in [0.25, 0.3) is 11.1 Å². The molecular weight excluding hydrogens is 409 g/mol. The Kier molecular flexibility index (Phi) is 6.63. The first-order valence-corrected chi connectivity index (χ1v) is 10.9. The Hall–Kier alpha value is -3.48. The van der Waals surface area contributed by atoms with Crippen molar-refractivity contribution < 1.29 is 18.5 Å². The molecule has 0 aliphatic carbocycles. The van der Waals surface area contributed by atoms with Gasteiger partial charge in [0.1, 0.15) is 11.6 Å².